The Bertz CT molecular complexity index is 561. The normalized spacial score (nSPS) is 26.1. The van der Waals surface area contributed by atoms with Crippen LogP contribution in [-0.2, 0) is 10.0 Å². The van der Waals surface area contributed by atoms with Crippen LogP contribution in [-0.4, -0.2) is 35.3 Å². The SMILES string of the molecule is Cc1ncc(S(=O)(=O)N2CCCC2C2CCCCC2)[nH]1. The van der Waals surface area contributed by atoms with Crippen molar-refractivity contribution in [3.05, 3.63) is 12.0 Å². The van der Waals surface area contributed by atoms with Gasteiger partial charge < -0.3 is 4.98 Å². The molecule has 0 radical (unpaired) electrons. The molecule has 20 heavy (non-hydrogen) atoms. The number of aryl methyl sites for hydroxylation is 1. The molecular formula is C14H23N3O2S. The maximum atomic E-state index is 12.8. The van der Waals surface area contributed by atoms with E-state index in [-0.39, 0.29) is 11.1 Å². The summed E-state index contributed by atoms with van der Waals surface area (Å²) in [5, 5.41) is 0.248. The molecule has 0 bridgehead atoms. The maximum absolute atomic E-state index is 12.8. The molecule has 1 aliphatic carbocycles. The Hall–Kier alpha value is -0.880. The molecule has 0 amide bonds. The van der Waals surface area contributed by atoms with Crippen LogP contribution in [0.25, 0.3) is 0 Å². The van der Waals surface area contributed by atoms with Gasteiger partial charge in [0, 0.05) is 12.6 Å². The van der Waals surface area contributed by atoms with Crippen molar-refractivity contribution >= 4 is 10.0 Å². The highest BCUT2D eigenvalue weighted by Crippen LogP contribution is 2.36. The Morgan fingerprint density at radius 2 is 1.95 bits per heavy atom. The molecule has 112 valence electrons. The van der Waals surface area contributed by atoms with E-state index in [1.165, 1.54) is 38.3 Å². The highest BCUT2D eigenvalue weighted by Gasteiger charge is 2.40. The first-order valence-electron chi connectivity index (χ1n) is 7.62. The van der Waals surface area contributed by atoms with E-state index < -0.39 is 10.0 Å². The summed E-state index contributed by atoms with van der Waals surface area (Å²) >= 11 is 0. The lowest BCUT2D eigenvalue weighted by Crippen LogP contribution is -2.40. The van der Waals surface area contributed by atoms with Crippen LogP contribution in [0.4, 0.5) is 0 Å². The standard InChI is InChI=1S/C14H23N3O2S/c1-11-15-10-14(16-11)20(18,19)17-9-5-8-13(17)12-6-3-2-4-7-12/h10,12-13H,2-9H2,1H3,(H,15,16). The van der Waals surface area contributed by atoms with E-state index in [4.69, 9.17) is 0 Å². The highest BCUT2D eigenvalue weighted by molar-refractivity contribution is 7.89. The zero-order valence-corrected chi connectivity index (χ0v) is 12.8. The summed E-state index contributed by atoms with van der Waals surface area (Å²) in [6.45, 7) is 2.43. The molecule has 2 heterocycles. The van der Waals surface area contributed by atoms with Gasteiger partial charge in [-0.2, -0.15) is 4.31 Å². The molecule has 0 spiro atoms. The van der Waals surface area contributed by atoms with Crippen molar-refractivity contribution in [1.82, 2.24) is 14.3 Å². The fraction of sp³-hybridized carbons (Fsp3) is 0.786. The van der Waals surface area contributed by atoms with E-state index in [1.807, 2.05) is 0 Å². The van der Waals surface area contributed by atoms with Crippen LogP contribution < -0.4 is 0 Å². The summed E-state index contributed by atoms with van der Waals surface area (Å²) in [7, 11) is -3.40. The quantitative estimate of drug-likeness (QED) is 0.932. The number of aromatic nitrogens is 2. The predicted octanol–water partition coefficient (Wildman–Crippen LogP) is 2.45. The van der Waals surface area contributed by atoms with Gasteiger partial charge in [0.25, 0.3) is 10.0 Å². The minimum Gasteiger partial charge on any atom is -0.332 e. The third-order valence-electron chi connectivity index (χ3n) is 4.71. The number of H-pyrrole nitrogens is 1. The van der Waals surface area contributed by atoms with Crippen molar-refractivity contribution < 1.29 is 8.42 Å². The molecule has 2 fully saturated rings. The van der Waals surface area contributed by atoms with Gasteiger partial charge in [-0.05, 0) is 38.5 Å². The maximum Gasteiger partial charge on any atom is 0.260 e. The highest BCUT2D eigenvalue weighted by atomic mass is 32.2. The van der Waals surface area contributed by atoms with Crippen LogP contribution in [0, 0.1) is 12.8 Å². The van der Waals surface area contributed by atoms with E-state index >= 15 is 0 Å². The van der Waals surface area contributed by atoms with Gasteiger partial charge >= 0.3 is 0 Å². The minimum atomic E-state index is -3.40. The van der Waals surface area contributed by atoms with Gasteiger partial charge in [0.15, 0.2) is 5.03 Å². The molecule has 0 aromatic carbocycles. The molecule has 1 aromatic heterocycles. The molecule has 5 nitrogen and oxygen atoms in total. The van der Waals surface area contributed by atoms with Crippen LogP contribution in [0.5, 0.6) is 0 Å². The minimum absolute atomic E-state index is 0.198. The van der Waals surface area contributed by atoms with Crippen LogP contribution in [0.1, 0.15) is 50.8 Å². The molecule has 2 aliphatic rings. The Labute approximate surface area is 120 Å². The molecule has 1 aromatic rings. The first kappa shape index (κ1) is 14.1. The second kappa shape index (κ2) is 5.48. The number of rotatable bonds is 3. The smallest absolute Gasteiger partial charge is 0.260 e. The summed E-state index contributed by atoms with van der Waals surface area (Å²) in [6.07, 6.45) is 9.59. The van der Waals surface area contributed by atoms with Crippen LogP contribution in [0.2, 0.25) is 0 Å². The number of sulfonamides is 1. The van der Waals surface area contributed by atoms with E-state index in [0.717, 1.165) is 12.8 Å². The Morgan fingerprint density at radius 3 is 2.60 bits per heavy atom. The molecule has 1 N–H and O–H groups in total. The average Bonchev–Trinajstić information content (AvgIpc) is 3.08. The van der Waals surface area contributed by atoms with Crippen molar-refractivity contribution in [2.24, 2.45) is 5.92 Å². The van der Waals surface area contributed by atoms with Gasteiger partial charge in [-0.15, -0.1) is 0 Å². The number of nitrogens with one attached hydrogen (secondary N) is 1. The molecule has 1 atom stereocenters. The van der Waals surface area contributed by atoms with E-state index in [0.29, 0.717) is 18.3 Å². The van der Waals surface area contributed by atoms with Crippen molar-refractivity contribution in [2.75, 3.05) is 6.54 Å². The summed E-state index contributed by atoms with van der Waals surface area (Å²) < 4.78 is 27.2. The molecule has 1 aliphatic heterocycles. The molecule has 3 rings (SSSR count). The lowest BCUT2D eigenvalue weighted by atomic mass is 9.83. The number of hydrogen-bond acceptors (Lipinski definition) is 3. The Kier molecular flexibility index (Phi) is 3.86. The fourth-order valence-corrected chi connectivity index (χ4v) is 5.43. The molecule has 6 heteroatoms. The molecular weight excluding hydrogens is 274 g/mol. The fourth-order valence-electron chi connectivity index (χ4n) is 3.71. The zero-order chi connectivity index (χ0) is 14.2. The molecule has 1 saturated carbocycles. The van der Waals surface area contributed by atoms with E-state index in [2.05, 4.69) is 9.97 Å². The second-order valence-electron chi connectivity index (χ2n) is 6.06. The number of aromatic amines is 1. The summed E-state index contributed by atoms with van der Waals surface area (Å²) in [5.41, 5.74) is 0. The average molecular weight is 297 g/mol. The summed E-state index contributed by atoms with van der Waals surface area (Å²) in [4.78, 5) is 6.91. The van der Waals surface area contributed by atoms with Crippen LogP contribution in [0.15, 0.2) is 11.2 Å². The third-order valence-corrected chi connectivity index (χ3v) is 6.54. The third kappa shape index (κ3) is 2.51. The van der Waals surface area contributed by atoms with Gasteiger partial charge in [-0.3, -0.25) is 0 Å². The van der Waals surface area contributed by atoms with E-state index in [1.54, 1.807) is 11.2 Å². The molecule has 1 unspecified atom stereocenters. The van der Waals surface area contributed by atoms with Crippen LogP contribution >= 0.6 is 0 Å². The van der Waals surface area contributed by atoms with E-state index in [9.17, 15) is 8.42 Å². The number of imidazole rings is 1. The van der Waals surface area contributed by atoms with Crippen molar-refractivity contribution in [3.63, 3.8) is 0 Å². The second-order valence-corrected chi connectivity index (χ2v) is 7.92. The van der Waals surface area contributed by atoms with Gasteiger partial charge in [0.2, 0.25) is 0 Å². The number of nitrogens with zero attached hydrogens (tertiary/aromatic N) is 2. The monoisotopic (exact) mass is 297 g/mol. The zero-order valence-electron chi connectivity index (χ0n) is 12.0. The van der Waals surface area contributed by atoms with Crippen molar-refractivity contribution in [1.29, 1.82) is 0 Å². The Balaban J connectivity index is 1.84. The van der Waals surface area contributed by atoms with Gasteiger partial charge in [-0.1, -0.05) is 19.3 Å². The lowest BCUT2D eigenvalue weighted by Gasteiger charge is -2.33. The molecule has 1 saturated heterocycles. The van der Waals surface area contributed by atoms with Gasteiger partial charge in [0.05, 0.1) is 6.20 Å². The lowest BCUT2D eigenvalue weighted by molar-refractivity contribution is 0.226. The van der Waals surface area contributed by atoms with Gasteiger partial charge in [0.1, 0.15) is 5.82 Å². The van der Waals surface area contributed by atoms with Gasteiger partial charge in [-0.25, -0.2) is 13.4 Å². The predicted molar refractivity (Wildman–Crippen MR) is 76.8 cm³/mol. The topological polar surface area (TPSA) is 66.1 Å². The van der Waals surface area contributed by atoms with Crippen molar-refractivity contribution in [2.45, 2.75) is 62.9 Å². The summed E-state index contributed by atoms with van der Waals surface area (Å²) in [6, 6.07) is 0.198. The largest absolute Gasteiger partial charge is 0.332 e. The first-order valence-corrected chi connectivity index (χ1v) is 9.06. The number of hydrogen-bond donors (Lipinski definition) is 1. The van der Waals surface area contributed by atoms with Crippen LogP contribution in [0.3, 0.4) is 0 Å². The van der Waals surface area contributed by atoms with Crippen molar-refractivity contribution in [3.8, 4) is 0 Å². The Morgan fingerprint density at radius 1 is 1.20 bits per heavy atom. The summed E-state index contributed by atoms with van der Waals surface area (Å²) in [5.74, 6) is 1.20. The first-order chi connectivity index (χ1) is 9.59.